The average Bonchev–Trinajstić information content (AvgIpc) is 2.52. The molecule has 2 rings (SSSR count). The van der Waals surface area contributed by atoms with Crippen molar-refractivity contribution >= 4 is 5.91 Å². The monoisotopic (exact) mass is 290 g/mol. The first-order valence-electron chi connectivity index (χ1n) is 7.81. The summed E-state index contributed by atoms with van der Waals surface area (Å²) in [6.07, 6.45) is 2.73. The van der Waals surface area contributed by atoms with Crippen LogP contribution in [0.25, 0.3) is 0 Å². The second-order valence-electron chi connectivity index (χ2n) is 5.82. The number of amides is 1. The van der Waals surface area contributed by atoms with E-state index in [2.05, 4.69) is 24.5 Å². The molecule has 0 radical (unpaired) electrons. The van der Waals surface area contributed by atoms with E-state index in [4.69, 9.17) is 4.74 Å². The molecule has 0 aliphatic carbocycles. The van der Waals surface area contributed by atoms with Crippen LogP contribution in [0.15, 0.2) is 24.3 Å². The summed E-state index contributed by atoms with van der Waals surface area (Å²) in [5.41, 5.74) is 1.13. The van der Waals surface area contributed by atoms with Gasteiger partial charge in [-0.2, -0.15) is 0 Å². The zero-order valence-corrected chi connectivity index (χ0v) is 13.2. The number of rotatable bonds is 5. The Morgan fingerprint density at radius 1 is 1.43 bits per heavy atom. The fraction of sp³-hybridized carbons (Fsp3) is 0.588. The predicted molar refractivity (Wildman–Crippen MR) is 84.4 cm³/mol. The topological polar surface area (TPSA) is 50.4 Å². The highest BCUT2D eigenvalue weighted by atomic mass is 16.5. The van der Waals surface area contributed by atoms with Gasteiger partial charge in [0.25, 0.3) is 0 Å². The van der Waals surface area contributed by atoms with Crippen LogP contribution in [0.1, 0.15) is 44.7 Å². The summed E-state index contributed by atoms with van der Waals surface area (Å²) in [4.78, 5) is 12.4. The molecule has 0 spiro atoms. The third kappa shape index (κ3) is 4.21. The van der Waals surface area contributed by atoms with Crippen molar-refractivity contribution in [2.24, 2.45) is 5.92 Å². The molecule has 1 amide bonds. The summed E-state index contributed by atoms with van der Waals surface area (Å²) in [7, 11) is 1.66. The largest absolute Gasteiger partial charge is 0.497 e. The van der Waals surface area contributed by atoms with Crippen molar-refractivity contribution in [3.05, 3.63) is 29.8 Å². The lowest BCUT2D eigenvalue weighted by Crippen LogP contribution is -2.43. The van der Waals surface area contributed by atoms with Gasteiger partial charge in [-0.15, -0.1) is 0 Å². The highest BCUT2D eigenvalue weighted by Gasteiger charge is 2.26. The minimum absolute atomic E-state index is 0.0774. The molecule has 1 aromatic rings. The molecule has 1 aromatic carbocycles. The summed E-state index contributed by atoms with van der Waals surface area (Å²) in [5, 5.41) is 6.59. The number of hydrogen-bond donors (Lipinski definition) is 2. The van der Waals surface area contributed by atoms with Crippen LogP contribution >= 0.6 is 0 Å². The van der Waals surface area contributed by atoms with Crippen molar-refractivity contribution in [1.82, 2.24) is 10.6 Å². The fourth-order valence-electron chi connectivity index (χ4n) is 2.92. The molecule has 1 saturated heterocycles. The summed E-state index contributed by atoms with van der Waals surface area (Å²) in [5.74, 6) is 1.16. The molecular weight excluding hydrogens is 264 g/mol. The second kappa shape index (κ2) is 7.46. The Labute approximate surface area is 127 Å². The first kappa shape index (κ1) is 15.8. The quantitative estimate of drug-likeness (QED) is 0.876. The molecule has 1 aliphatic rings. The molecule has 1 aliphatic heterocycles. The number of ether oxygens (including phenoxy) is 1. The van der Waals surface area contributed by atoms with E-state index in [1.165, 1.54) is 0 Å². The molecular formula is C17H26N2O2. The summed E-state index contributed by atoms with van der Waals surface area (Å²) in [6.45, 7) is 5.17. The van der Waals surface area contributed by atoms with Gasteiger partial charge in [-0.3, -0.25) is 4.79 Å². The highest BCUT2D eigenvalue weighted by Crippen LogP contribution is 2.22. The molecule has 116 valence electrons. The van der Waals surface area contributed by atoms with E-state index in [0.717, 1.165) is 37.1 Å². The Morgan fingerprint density at radius 2 is 2.14 bits per heavy atom. The first-order chi connectivity index (χ1) is 10.1. The Hall–Kier alpha value is -1.55. The van der Waals surface area contributed by atoms with Gasteiger partial charge in [-0.05, 0) is 50.4 Å². The minimum atomic E-state index is 0.0774. The van der Waals surface area contributed by atoms with E-state index in [1.807, 2.05) is 24.3 Å². The molecule has 0 bridgehead atoms. The Balaban J connectivity index is 1.98. The predicted octanol–water partition coefficient (Wildman–Crippen LogP) is 2.65. The zero-order chi connectivity index (χ0) is 15.2. The SMILES string of the molecule is CCC(NC(=O)C1CCNC(C)C1)c1ccc(OC)cc1. The third-order valence-electron chi connectivity index (χ3n) is 4.24. The van der Waals surface area contributed by atoms with Crippen molar-refractivity contribution < 1.29 is 9.53 Å². The number of hydrogen-bond acceptors (Lipinski definition) is 3. The highest BCUT2D eigenvalue weighted by molar-refractivity contribution is 5.79. The van der Waals surface area contributed by atoms with Gasteiger partial charge < -0.3 is 15.4 Å². The molecule has 0 saturated carbocycles. The lowest BCUT2D eigenvalue weighted by atomic mass is 9.91. The van der Waals surface area contributed by atoms with E-state index >= 15 is 0 Å². The lowest BCUT2D eigenvalue weighted by molar-refractivity contribution is -0.126. The Bertz CT molecular complexity index is 458. The first-order valence-corrected chi connectivity index (χ1v) is 7.81. The number of methoxy groups -OCH3 is 1. The molecule has 1 heterocycles. The van der Waals surface area contributed by atoms with Gasteiger partial charge in [-0.25, -0.2) is 0 Å². The van der Waals surface area contributed by atoms with E-state index in [-0.39, 0.29) is 17.9 Å². The van der Waals surface area contributed by atoms with Gasteiger partial charge in [-0.1, -0.05) is 19.1 Å². The molecule has 4 nitrogen and oxygen atoms in total. The minimum Gasteiger partial charge on any atom is -0.497 e. The second-order valence-corrected chi connectivity index (χ2v) is 5.82. The normalized spacial score (nSPS) is 23.4. The molecule has 4 heteroatoms. The number of piperidine rings is 1. The van der Waals surface area contributed by atoms with Gasteiger partial charge in [0.1, 0.15) is 5.75 Å². The number of nitrogens with one attached hydrogen (secondary N) is 2. The van der Waals surface area contributed by atoms with Crippen LogP contribution in [-0.4, -0.2) is 25.6 Å². The standard InChI is InChI=1S/C17H26N2O2/c1-4-16(13-5-7-15(21-3)8-6-13)19-17(20)14-9-10-18-12(2)11-14/h5-8,12,14,16,18H,4,9-11H2,1-3H3,(H,19,20). The zero-order valence-electron chi connectivity index (χ0n) is 13.2. The van der Waals surface area contributed by atoms with Crippen LogP contribution in [0.4, 0.5) is 0 Å². The van der Waals surface area contributed by atoms with Crippen LogP contribution in [0, 0.1) is 5.92 Å². The van der Waals surface area contributed by atoms with Gasteiger partial charge >= 0.3 is 0 Å². The molecule has 2 N–H and O–H groups in total. The number of benzene rings is 1. The summed E-state index contributed by atoms with van der Waals surface area (Å²) >= 11 is 0. The summed E-state index contributed by atoms with van der Waals surface area (Å²) < 4.78 is 5.18. The fourth-order valence-corrected chi connectivity index (χ4v) is 2.92. The van der Waals surface area contributed by atoms with Crippen molar-refractivity contribution in [2.75, 3.05) is 13.7 Å². The Kier molecular flexibility index (Phi) is 5.62. The van der Waals surface area contributed by atoms with Crippen molar-refractivity contribution in [3.63, 3.8) is 0 Å². The van der Waals surface area contributed by atoms with E-state index in [0.29, 0.717) is 6.04 Å². The lowest BCUT2D eigenvalue weighted by Gasteiger charge is -2.29. The molecule has 3 unspecified atom stereocenters. The van der Waals surface area contributed by atoms with Crippen LogP contribution in [-0.2, 0) is 4.79 Å². The maximum Gasteiger partial charge on any atom is 0.223 e. The molecule has 1 fully saturated rings. The van der Waals surface area contributed by atoms with Gasteiger partial charge in [0.2, 0.25) is 5.91 Å². The molecule has 3 atom stereocenters. The van der Waals surface area contributed by atoms with Crippen LogP contribution in [0.3, 0.4) is 0 Å². The van der Waals surface area contributed by atoms with Crippen molar-refractivity contribution in [1.29, 1.82) is 0 Å². The van der Waals surface area contributed by atoms with E-state index in [9.17, 15) is 4.79 Å². The average molecular weight is 290 g/mol. The smallest absolute Gasteiger partial charge is 0.223 e. The van der Waals surface area contributed by atoms with Gasteiger partial charge in [0.05, 0.1) is 13.2 Å². The third-order valence-corrected chi connectivity index (χ3v) is 4.24. The number of carbonyl (C=O) groups is 1. The van der Waals surface area contributed by atoms with Crippen molar-refractivity contribution in [3.8, 4) is 5.75 Å². The van der Waals surface area contributed by atoms with Crippen LogP contribution in [0.2, 0.25) is 0 Å². The maximum atomic E-state index is 12.4. The van der Waals surface area contributed by atoms with Crippen LogP contribution in [0.5, 0.6) is 5.75 Å². The maximum absolute atomic E-state index is 12.4. The van der Waals surface area contributed by atoms with Crippen LogP contribution < -0.4 is 15.4 Å². The van der Waals surface area contributed by atoms with E-state index in [1.54, 1.807) is 7.11 Å². The Morgan fingerprint density at radius 3 is 2.71 bits per heavy atom. The summed E-state index contributed by atoms with van der Waals surface area (Å²) in [6, 6.07) is 8.44. The molecule has 0 aromatic heterocycles. The molecule has 21 heavy (non-hydrogen) atoms. The van der Waals surface area contributed by atoms with Gasteiger partial charge in [0, 0.05) is 12.0 Å². The number of carbonyl (C=O) groups excluding carboxylic acids is 1. The van der Waals surface area contributed by atoms with Gasteiger partial charge in [0.15, 0.2) is 0 Å². The van der Waals surface area contributed by atoms with E-state index < -0.39 is 0 Å². The van der Waals surface area contributed by atoms with Crippen molar-refractivity contribution in [2.45, 2.75) is 45.2 Å².